The molecule has 0 aliphatic carbocycles. The summed E-state index contributed by atoms with van der Waals surface area (Å²) < 4.78 is 26.8. The molecular formula is C10H19F2N. The summed E-state index contributed by atoms with van der Waals surface area (Å²) in [5, 5.41) is 0. The van der Waals surface area contributed by atoms with Crippen LogP contribution >= 0.6 is 0 Å². The molecule has 2 unspecified atom stereocenters. The molecule has 0 N–H and O–H groups in total. The minimum atomic E-state index is -2.48. The van der Waals surface area contributed by atoms with Gasteiger partial charge in [0.05, 0.1) is 0 Å². The van der Waals surface area contributed by atoms with E-state index in [0.717, 1.165) is 0 Å². The number of rotatable bonds is 1. The number of hydrogen-bond donors (Lipinski definition) is 0. The van der Waals surface area contributed by atoms with E-state index in [2.05, 4.69) is 18.7 Å². The third kappa shape index (κ3) is 2.01. The lowest BCUT2D eigenvalue weighted by atomic mass is 9.86. The van der Waals surface area contributed by atoms with Gasteiger partial charge < -0.3 is 0 Å². The maximum atomic E-state index is 13.4. The molecule has 0 aromatic rings. The van der Waals surface area contributed by atoms with Crippen LogP contribution < -0.4 is 0 Å². The number of piperidine rings is 1. The molecule has 0 spiro atoms. The Balaban J connectivity index is 2.68. The van der Waals surface area contributed by atoms with Gasteiger partial charge in [-0.3, -0.25) is 4.90 Å². The summed E-state index contributed by atoms with van der Waals surface area (Å²) in [5.74, 6) is -3.51. The van der Waals surface area contributed by atoms with Crippen molar-refractivity contribution < 1.29 is 8.78 Å². The van der Waals surface area contributed by atoms with Crippen molar-refractivity contribution >= 4 is 0 Å². The molecule has 1 saturated heterocycles. The number of nitrogens with zero attached hydrogens (tertiary/aromatic N) is 1. The van der Waals surface area contributed by atoms with Crippen molar-refractivity contribution in [1.82, 2.24) is 4.90 Å². The van der Waals surface area contributed by atoms with Gasteiger partial charge in [0.25, 0.3) is 5.92 Å². The van der Waals surface area contributed by atoms with Crippen LogP contribution in [0.25, 0.3) is 0 Å². The van der Waals surface area contributed by atoms with Crippen LogP contribution in [0.1, 0.15) is 27.7 Å². The van der Waals surface area contributed by atoms with E-state index in [-0.39, 0.29) is 0 Å². The Bertz CT molecular complexity index is 166. The van der Waals surface area contributed by atoms with Crippen molar-refractivity contribution in [2.75, 3.05) is 13.1 Å². The molecule has 0 saturated carbocycles. The standard InChI is InChI=1S/C10H19F2N/c1-7(2)13-5-8(3)10(11,12)9(4)6-13/h7-9H,5-6H2,1-4H3. The zero-order chi connectivity index (χ0) is 10.2. The number of halogens is 2. The van der Waals surface area contributed by atoms with Gasteiger partial charge in [-0.05, 0) is 13.8 Å². The van der Waals surface area contributed by atoms with Crippen LogP contribution in [0.5, 0.6) is 0 Å². The molecule has 1 fully saturated rings. The fourth-order valence-electron chi connectivity index (χ4n) is 1.93. The SMILES string of the molecule is CC(C)N1CC(C)C(F)(F)C(C)C1. The van der Waals surface area contributed by atoms with Crippen molar-refractivity contribution in [1.29, 1.82) is 0 Å². The molecule has 1 rings (SSSR count). The van der Waals surface area contributed by atoms with E-state index >= 15 is 0 Å². The van der Waals surface area contributed by atoms with Gasteiger partial charge in [0.2, 0.25) is 0 Å². The second-order valence-corrected chi connectivity index (χ2v) is 4.52. The van der Waals surface area contributed by atoms with Gasteiger partial charge in [0, 0.05) is 31.0 Å². The largest absolute Gasteiger partial charge is 0.300 e. The average molecular weight is 191 g/mol. The van der Waals surface area contributed by atoms with Crippen molar-refractivity contribution in [2.24, 2.45) is 11.8 Å². The molecule has 1 aliphatic rings. The topological polar surface area (TPSA) is 3.24 Å². The summed E-state index contributed by atoms with van der Waals surface area (Å²) in [6, 6.07) is 0.376. The molecule has 13 heavy (non-hydrogen) atoms. The number of alkyl halides is 2. The Morgan fingerprint density at radius 3 is 1.85 bits per heavy atom. The highest BCUT2D eigenvalue weighted by Gasteiger charge is 2.47. The van der Waals surface area contributed by atoms with E-state index in [1.165, 1.54) is 0 Å². The van der Waals surface area contributed by atoms with Crippen LogP contribution in [-0.4, -0.2) is 30.0 Å². The fourth-order valence-corrected chi connectivity index (χ4v) is 1.93. The first-order chi connectivity index (χ1) is 5.85. The van der Waals surface area contributed by atoms with Crippen LogP contribution in [-0.2, 0) is 0 Å². The van der Waals surface area contributed by atoms with Crippen LogP contribution in [0.3, 0.4) is 0 Å². The zero-order valence-corrected chi connectivity index (χ0v) is 8.85. The Morgan fingerprint density at radius 1 is 1.15 bits per heavy atom. The maximum Gasteiger partial charge on any atom is 0.255 e. The van der Waals surface area contributed by atoms with E-state index in [9.17, 15) is 8.78 Å². The van der Waals surface area contributed by atoms with Crippen LogP contribution in [0.4, 0.5) is 8.78 Å². The highest BCUT2D eigenvalue weighted by Crippen LogP contribution is 2.37. The smallest absolute Gasteiger partial charge is 0.255 e. The summed E-state index contributed by atoms with van der Waals surface area (Å²) >= 11 is 0. The highest BCUT2D eigenvalue weighted by atomic mass is 19.3. The van der Waals surface area contributed by atoms with Gasteiger partial charge in [0.15, 0.2) is 0 Å². The molecule has 78 valence electrons. The summed E-state index contributed by atoms with van der Waals surface area (Å²) in [6.07, 6.45) is 0. The Labute approximate surface area is 79.1 Å². The molecule has 0 aromatic heterocycles. The Hall–Kier alpha value is -0.180. The number of hydrogen-bond acceptors (Lipinski definition) is 1. The predicted octanol–water partition coefficient (Wildman–Crippen LogP) is 2.62. The lowest BCUT2D eigenvalue weighted by molar-refractivity contribution is -0.143. The Kier molecular flexibility index (Phi) is 2.95. The van der Waals surface area contributed by atoms with E-state index < -0.39 is 17.8 Å². The van der Waals surface area contributed by atoms with Gasteiger partial charge in [-0.25, -0.2) is 8.78 Å². The molecule has 0 radical (unpaired) electrons. The van der Waals surface area contributed by atoms with E-state index in [1.54, 1.807) is 13.8 Å². The summed E-state index contributed by atoms with van der Waals surface area (Å²) in [6.45, 7) is 8.45. The van der Waals surface area contributed by atoms with Crippen LogP contribution in [0.2, 0.25) is 0 Å². The first-order valence-corrected chi connectivity index (χ1v) is 4.97. The first kappa shape index (κ1) is 10.9. The third-order valence-electron chi connectivity index (χ3n) is 3.06. The van der Waals surface area contributed by atoms with E-state index in [4.69, 9.17) is 0 Å². The lowest BCUT2D eigenvalue weighted by Gasteiger charge is -2.42. The molecule has 1 heterocycles. The van der Waals surface area contributed by atoms with E-state index in [0.29, 0.717) is 19.1 Å². The predicted molar refractivity (Wildman–Crippen MR) is 50.0 cm³/mol. The minimum Gasteiger partial charge on any atom is -0.300 e. The van der Waals surface area contributed by atoms with E-state index in [1.807, 2.05) is 0 Å². The molecule has 1 nitrogen and oxygen atoms in total. The third-order valence-corrected chi connectivity index (χ3v) is 3.06. The molecule has 0 amide bonds. The van der Waals surface area contributed by atoms with Crippen LogP contribution in [0, 0.1) is 11.8 Å². The van der Waals surface area contributed by atoms with Gasteiger partial charge >= 0.3 is 0 Å². The normalized spacial score (nSPS) is 35.3. The fraction of sp³-hybridized carbons (Fsp3) is 1.00. The minimum absolute atomic E-state index is 0.376. The van der Waals surface area contributed by atoms with Crippen molar-refractivity contribution in [3.05, 3.63) is 0 Å². The lowest BCUT2D eigenvalue weighted by Crippen LogP contribution is -2.53. The molecule has 0 aromatic carbocycles. The molecular weight excluding hydrogens is 172 g/mol. The second kappa shape index (κ2) is 3.52. The van der Waals surface area contributed by atoms with Gasteiger partial charge in [-0.2, -0.15) is 0 Å². The molecule has 0 bridgehead atoms. The quantitative estimate of drug-likeness (QED) is 0.616. The van der Waals surface area contributed by atoms with Gasteiger partial charge in [-0.1, -0.05) is 13.8 Å². The monoisotopic (exact) mass is 191 g/mol. The van der Waals surface area contributed by atoms with Gasteiger partial charge in [-0.15, -0.1) is 0 Å². The first-order valence-electron chi connectivity index (χ1n) is 4.97. The van der Waals surface area contributed by atoms with Gasteiger partial charge in [0.1, 0.15) is 0 Å². The molecule has 2 atom stereocenters. The van der Waals surface area contributed by atoms with Crippen molar-refractivity contribution in [3.8, 4) is 0 Å². The second-order valence-electron chi connectivity index (χ2n) is 4.52. The van der Waals surface area contributed by atoms with Crippen molar-refractivity contribution in [3.63, 3.8) is 0 Å². The van der Waals surface area contributed by atoms with Crippen molar-refractivity contribution in [2.45, 2.75) is 39.7 Å². The molecule has 3 heteroatoms. The maximum absolute atomic E-state index is 13.4. The average Bonchev–Trinajstić information content (AvgIpc) is 2.00. The summed E-state index contributed by atoms with van der Waals surface area (Å²) in [7, 11) is 0. The Morgan fingerprint density at radius 2 is 1.54 bits per heavy atom. The zero-order valence-electron chi connectivity index (χ0n) is 8.85. The summed E-state index contributed by atoms with van der Waals surface area (Å²) in [5.41, 5.74) is 0. The molecule has 1 aliphatic heterocycles. The van der Waals surface area contributed by atoms with Crippen LogP contribution in [0.15, 0.2) is 0 Å². The highest BCUT2D eigenvalue weighted by molar-refractivity contribution is 4.89. The summed E-state index contributed by atoms with van der Waals surface area (Å²) in [4.78, 5) is 2.13. The number of likely N-dealkylation sites (tertiary alicyclic amines) is 1.